The van der Waals surface area contributed by atoms with E-state index in [1.165, 1.54) is 0 Å². The van der Waals surface area contributed by atoms with Crippen LogP contribution in [0.2, 0.25) is 0 Å². The van der Waals surface area contributed by atoms with Gasteiger partial charge in [-0.1, -0.05) is 0 Å². The van der Waals surface area contributed by atoms with Crippen molar-refractivity contribution < 1.29 is 32.6 Å². The Bertz CT molecular complexity index is 763. The lowest BCUT2D eigenvalue weighted by Gasteiger charge is -2.40. The third kappa shape index (κ3) is 5.33. The van der Waals surface area contributed by atoms with E-state index < -0.39 is 23.9 Å². The second-order valence-corrected chi connectivity index (χ2v) is 11.4. The number of piperazine rings is 1. The minimum Gasteiger partial charge on any atom is -0.444 e. The highest BCUT2D eigenvalue weighted by Gasteiger charge is 2.55. The average molecular weight is 488 g/mol. The van der Waals surface area contributed by atoms with Crippen LogP contribution in [0.25, 0.3) is 0 Å². The fourth-order valence-electron chi connectivity index (χ4n) is 6.23. The first-order chi connectivity index (χ1) is 16.0. The largest absolute Gasteiger partial charge is 0.444 e. The van der Waals surface area contributed by atoms with E-state index in [1.54, 1.807) is 16.9 Å². The SMILES string of the molecule is CO[C@@H]1COCC[C@@H]1N[C@H]1CC[C@](CC(F)F)(C(=O)N2C[C@@H]3C[C@H]2CN3C(=O)OC(C)(C)C)C1. The fourth-order valence-corrected chi connectivity index (χ4v) is 6.23. The highest BCUT2D eigenvalue weighted by atomic mass is 19.3. The van der Waals surface area contributed by atoms with Gasteiger partial charge in [0.1, 0.15) is 5.60 Å². The van der Waals surface area contributed by atoms with Crippen molar-refractivity contribution in [1.82, 2.24) is 15.1 Å². The first-order valence-corrected chi connectivity index (χ1v) is 12.5. The Kier molecular flexibility index (Phi) is 7.41. The molecule has 2 amide bonds. The Morgan fingerprint density at radius 1 is 1.18 bits per heavy atom. The van der Waals surface area contributed by atoms with Gasteiger partial charge in [-0.05, 0) is 52.9 Å². The van der Waals surface area contributed by atoms with Crippen LogP contribution in [0.1, 0.15) is 59.3 Å². The number of carbonyl (C=O) groups is 2. The summed E-state index contributed by atoms with van der Waals surface area (Å²) < 4.78 is 43.9. The normalized spacial score (nSPS) is 35.9. The number of halogens is 2. The Hall–Kier alpha value is -1.52. The number of alkyl halides is 2. The zero-order chi connectivity index (χ0) is 24.7. The van der Waals surface area contributed by atoms with Crippen LogP contribution in [0.5, 0.6) is 0 Å². The fraction of sp³-hybridized carbons (Fsp3) is 0.917. The number of likely N-dealkylation sites (tertiary alicyclic amines) is 2. The molecule has 4 aliphatic rings. The molecule has 0 aromatic heterocycles. The van der Waals surface area contributed by atoms with Gasteiger partial charge in [-0.25, -0.2) is 13.6 Å². The second-order valence-electron chi connectivity index (χ2n) is 11.4. The predicted octanol–water partition coefficient (Wildman–Crippen LogP) is 2.79. The van der Waals surface area contributed by atoms with Crippen molar-refractivity contribution in [1.29, 1.82) is 0 Å². The van der Waals surface area contributed by atoms with E-state index in [0.717, 1.165) is 6.42 Å². The third-order valence-corrected chi connectivity index (χ3v) is 7.79. The highest BCUT2D eigenvalue weighted by molar-refractivity contribution is 5.84. The van der Waals surface area contributed by atoms with Crippen molar-refractivity contribution in [2.75, 3.05) is 33.4 Å². The van der Waals surface area contributed by atoms with Gasteiger partial charge in [0.05, 0.1) is 30.2 Å². The Labute approximate surface area is 200 Å². The lowest BCUT2D eigenvalue weighted by molar-refractivity contribution is -0.147. The molecular formula is C24H39F2N3O5. The summed E-state index contributed by atoms with van der Waals surface area (Å²) in [6.45, 7) is 7.39. The number of nitrogens with zero attached hydrogens (tertiary/aromatic N) is 2. The van der Waals surface area contributed by atoms with Crippen molar-refractivity contribution >= 4 is 12.0 Å². The molecular weight excluding hydrogens is 448 g/mol. The summed E-state index contributed by atoms with van der Waals surface area (Å²) in [5.41, 5.74) is -1.66. The first kappa shape index (κ1) is 25.6. The summed E-state index contributed by atoms with van der Waals surface area (Å²) in [6, 6.07) is -0.180. The lowest BCUT2D eigenvalue weighted by atomic mass is 9.80. The topological polar surface area (TPSA) is 80.3 Å². The van der Waals surface area contributed by atoms with Gasteiger partial charge in [0.2, 0.25) is 12.3 Å². The summed E-state index contributed by atoms with van der Waals surface area (Å²) in [5, 5.41) is 3.58. The zero-order valence-corrected chi connectivity index (χ0v) is 20.7. The molecule has 4 fully saturated rings. The summed E-state index contributed by atoms with van der Waals surface area (Å²) in [7, 11) is 1.65. The van der Waals surface area contributed by atoms with Crippen LogP contribution in [0, 0.1) is 5.41 Å². The molecule has 0 spiro atoms. The number of rotatable bonds is 6. The number of hydrogen-bond acceptors (Lipinski definition) is 6. The van der Waals surface area contributed by atoms with Crippen LogP contribution in [0.15, 0.2) is 0 Å². The summed E-state index contributed by atoms with van der Waals surface area (Å²) >= 11 is 0. The van der Waals surface area contributed by atoms with Crippen molar-refractivity contribution in [2.24, 2.45) is 5.41 Å². The monoisotopic (exact) mass is 487 g/mol. The van der Waals surface area contributed by atoms with Crippen molar-refractivity contribution in [3.05, 3.63) is 0 Å². The maximum atomic E-state index is 13.7. The molecule has 10 heteroatoms. The quantitative estimate of drug-likeness (QED) is 0.621. The molecule has 1 N–H and O–H groups in total. The molecule has 194 valence electrons. The van der Waals surface area contributed by atoms with Crippen LogP contribution in [0.3, 0.4) is 0 Å². The molecule has 0 aromatic carbocycles. The minimum absolute atomic E-state index is 0.0125. The molecule has 0 aromatic rings. The number of nitrogens with one attached hydrogen (secondary N) is 1. The molecule has 4 rings (SSSR count). The van der Waals surface area contributed by atoms with E-state index in [-0.39, 0.29) is 42.3 Å². The molecule has 34 heavy (non-hydrogen) atoms. The van der Waals surface area contributed by atoms with Gasteiger partial charge in [0.15, 0.2) is 0 Å². The van der Waals surface area contributed by atoms with Gasteiger partial charge in [-0.3, -0.25) is 4.79 Å². The van der Waals surface area contributed by atoms with Gasteiger partial charge in [-0.15, -0.1) is 0 Å². The van der Waals surface area contributed by atoms with Gasteiger partial charge in [0, 0.05) is 45.3 Å². The van der Waals surface area contributed by atoms with Crippen LogP contribution in [0.4, 0.5) is 13.6 Å². The predicted molar refractivity (Wildman–Crippen MR) is 121 cm³/mol. The van der Waals surface area contributed by atoms with Crippen LogP contribution >= 0.6 is 0 Å². The average Bonchev–Trinajstić information content (AvgIpc) is 3.47. The molecule has 2 bridgehead atoms. The standard InChI is InChI=1S/C24H39F2N3O5/c1-23(2,3)34-22(31)29-13-16-9-17(29)12-28(16)21(30)24(11-20(25)26)7-5-15(10-24)27-18-6-8-33-14-19(18)32-4/h15-20,27H,5-14H2,1-4H3/t15-,16-,17-,18-,19+,24-/m0/s1. The summed E-state index contributed by atoms with van der Waals surface area (Å²) in [5.74, 6) is -0.177. The van der Waals surface area contributed by atoms with Gasteiger partial charge < -0.3 is 29.3 Å². The number of fused-ring (bicyclic) bond motifs is 2. The first-order valence-electron chi connectivity index (χ1n) is 12.5. The molecule has 0 unspecified atom stereocenters. The molecule has 8 nitrogen and oxygen atoms in total. The van der Waals surface area contributed by atoms with Gasteiger partial charge in [-0.2, -0.15) is 0 Å². The number of carbonyl (C=O) groups excluding carboxylic acids is 2. The number of ether oxygens (including phenoxy) is 3. The van der Waals surface area contributed by atoms with Crippen molar-refractivity contribution in [3.63, 3.8) is 0 Å². The maximum Gasteiger partial charge on any atom is 0.410 e. The smallest absolute Gasteiger partial charge is 0.410 e. The van der Waals surface area contributed by atoms with Crippen LogP contribution < -0.4 is 5.32 Å². The Morgan fingerprint density at radius 2 is 1.88 bits per heavy atom. The zero-order valence-electron chi connectivity index (χ0n) is 20.7. The van der Waals surface area contributed by atoms with E-state index in [0.29, 0.717) is 52.0 Å². The molecule has 6 atom stereocenters. The van der Waals surface area contributed by atoms with Gasteiger partial charge in [0.25, 0.3) is 0 Å². The van der Waals surface area contributed by atoms with Crippen molar-refractivity contribution in [3.8, 4) is 0 Å². The van der Waals surface area contributed by atoms with Crippen molar-refractivity contribution in [2.45, 2.75) is 102 Å². The maximum absolute atomic E-state index is 13.7. The van der Waals surface area contributed by atoms with E-state index in [9.17, 15) is 18.4 Å². The molecule has 0 radical (unpaired) electrons. The van der Waals surface area contributed by atoms with Gasteiger partial charge >= 0.3 is 6.09 Å². The molecule has 1 saturated carbocycles. The van der Waals surface area contributed by atoms with Crippen LogP contribution in [-0.2, 0) is 19.0 Å². The number of hydrogen-bond donors (Lipinski definition) is 1. The number of amides is 2. The lowest BCUT2D eigenvalue weighted by Crippen LogP contribution is -2.55. The number of methoxy groups -OCH3 is 1. The summed E-state index contributed by atoms with van der Waals surface area (Å²) in [6.07, 6.45) is -0.433. The Balaban J connectivity index is 1.41. The molecule has 3 aliphatic heterocycles. The highest BCUT2D eigenvalue weighted by Crippen LogP contribution is 2.47. The van der Waals surface area contributed by atoms with Crippen LogP contribution in [-0.4, -0.2) is 97.5 Å². The van der Waals surface area contributed by atoms with E-state index >= 15 is 0 Å². The third-order valence-electron chi connectivity index (χ3n) is 7.79. The van der Waals surface area contributed by atoms with E-state index in [4.69, 9.17) is 14.2 Å². The Morgan fingerprint density at radius 3 is 2.50 bits per heavy atom. The van der Waals surface area contributed by atoms with E-state index in [2.05, 4.69) is 5.32 Å². The molecule has 1 aliphatic carbocycles. The molecule has 3 heterocycles. The summed E-state index contributed by atoms with van der Waals surface area (Å²) in [4.78, 5) is 29.7. The second kappa shape index (κ2) is 9.85. The minimum atomic E-state index is -2.55. The molecule has 3 saturated heterocycles. The van der Waals surface area contributed by atoms with E-state index in [1.807, 2.05) is 20.8 Å².